The Morgan fingerprint density at radius 2 is 1.76 bits per heavy atom. The molecule has 1 heterocycles. The Bertz CT molecular complexity index is 1060. The largest absolute Gasteiger partial charge is 0.573 e. The van der Waals surface area contributed by atoms with Crippen molar-refractivity contribution in [2.24, 2.45) is 0 Å². The summed E-state index contributed by atoms with van der Waals surface area (Å²) >= 11 is 0. The summed E-state index contributed by atoms with van der Waals surface area (Å²) in [5.74, 6) is 0.674. The number of hydrogen-bond donors (Lipinski definition) is 4. The van der Waals surface area contributed by atoms with Gasteiger partial charge in [-0.25, -0.2) is 9.78 Å². The number of rotatable bonds is 9. The van der Waals surface area contributed by atoms with Crippen molar-refractivity contribution in [2.45, 2.75) is 12.8 Å². The molecule has 0 saturated carbocycles. The minimum absolute atomic E-state index is 0.0560. The van der Waals surface area contributed by atoms with Gasteiger partial charge in [-0.05, 0) is 42.8 Å². The average molecular weight is 463 g/mol. The smallest absolute Gasteiger partial charge is 0.439 e. The van der Waals surface area contributed by atoms with Crippen LogP contribution in [-0.4, -0.2) is 40.6 Å². The van der Waals surface area contributed by atoms with Crippen molar-refractivity contribution in [1.29, 1.82) is 0 Å². The number of urea groups is 1. The lowest BCUT2D eigenvalue weighted by Crippen LogP contribution is -2.20. The second-order valence-electron chi connectivity index (χ2n) is 6.50. The Labute approximate surface area is 186 Å². The number of anilines is 3. The molecule has 0 bridgehead atoms. The van der Waals surface area contributed by atoms with Gasteiger partial charge >= 0.3 is 12.4 Å². The molecule has 0 aliphatic heterocycles. The summed E-state index contributed by atoms with van der Waals surface area (Å²) in [6.45, 7) is 0.572. The van der Waals surface area contributed by atoms with Gasteiger partial charge < -0.3 is 30.5 Å². The van der Waals surface area contributed by atoms with Crippen LogP contribution in [0.5, 0.6) is 17.4 Å². The van der Waals surface area contributed by atoms with Crippen LogP contribution in [0.3, 0.4) is 0 Å². The number of amides is 2. The number of nitrogens with one attached hydrogen (secondary N) is 3. The number of hydrogen-bond acceptors (Lipinski definition) is 7. The van der Waals surface area contributed by atoms with Crippen LogP contribution in [0.1, 0.15) is 6.42 Å². The first-order valence-corrected chi connectivity index (χ1v) is 9.70. The fraction of sp³-hybridized carbons (Fsp3) is 0.190. The van der Waals surface area contributed by atoms with Crippen molar-refractivity contribution in [3.05, 3.63) is 60.8 Å². The summed E-state index contributed by atoms with van der Waals surface area (Å²) in [4.78, 5) is 20.4. The summed E-state index contributed by atoms with van der Waals surface area (Å²) in [5, 5.41) is 16.8. The topological polar surface area (TPSA) is 118 Å². The molecule has 0 radical (unpaired) electrons. The van der Waals surface area contributed by atoms with Gasteiger partial charge in [-0.2, -0.15) is 4.98 Å². The van der Waals surface area contributed by atoms with Gasteiger partial charge in [0.05, 0.1) is 0 Å². The number of ether oxygens (including phenoxy) is 2. The van der Waals surface area contributed by atoms with E-state index >= 15 is 0 Å². The van der Waals surface area contributed by atoms with Crippen LogP contribution in [-0.2, 0) is 0 Å². The first-order chi connectivity index (χ1) is 15.8. The summed E-state index contributed by atoms with van der Waals surface area (Å²) in [6.07, 6.45) is -2.74. The Balaban J connectivity index is 1.54. The molecule has 0 aliphatic carbocycles. The zero-order chi connectivity index (χ0) is 23.7. The lowest BCUT2D eigenvalue weighted by atomic mass is 10.3. The molecule has 0 spiro atoms. The minimum atomic E-state index is -4.82. The first kappa shape index (κ1) is 23.6. The van der Waals surface area contributed by atoms with E-state index < -0.39 is 18.1 Å². The third-order valence-corrected chi connectivity index (χ3v) is 3.91. The summed E-state index contributed by atoms with van der Waals surface area (Å²) in [5.41, 5.74) is 0.554. The third kappa shape index (κ3) is 8.18. The van der Waals surface area contributed by atoms with E-state index in [-0.39, 0.29) is 12.3 Å². The molecule has 12 heteroatoms. The Kier molecular flexibility index (Phi) is 7.86. The number of aromatic nitrogens is 2. The molecular weight excluding hydrogens is 443 g/mol. The van der Waals surface area contributed by atoms with Crippen molar-refractivity contribution >= 4 is 23.4 Å². The van der Waals surface area contributed by atoms with Gasteiger partial charge in [0.2, 0.25) is 11.8 Å². The maximum atomic E-state index is 12.3. The Morgan fingerprint density at radius 1 is 1.00 bits per heavy atom. The number of benzene rings is 2. The van der Waals surface area contributed by atoms with Crippen molar-refractivity contribution in [3.63, 3.8) is 0 Å². The third-order valence-electron chi connectivity index (χ3n) is 3.91. The fourth-order valence-corrected chi connectivity index (χ4v) is 2.55. The number of alkyl halides is 3. The predicted octanol–water partition coefficient (Wildman–Crippen LogP) is 4.61. The monoisotopic (exact) mass is 463 g/mol. The highest BCUT2D eigenvalue weighted by Gasteiger charge is 2.31. The lowest BCUT2D eigenvalue weighted by molar-refractivity contribution is -0.274. The van der Waals surface area contributed by atoms with E-state index in [2.05, 4.69) is 30.7 Å². The molecule has 0 saturated heterocycles. The van der Waals surface area contributed by atoms with Gasteiger partial charge in [-0.1, -0.05) is 6.07 Å². The molecule has 0 unspecified atom stereocenters. The van der Waals surface area contributed by atoms with Gasteiger partial charge in [0.1, 0.15) is 11.5 Å². The molecule has 174 valence electrons. The fourth-order valence-electron chi connectivity index (χ4n) is 2.55. The quantitative estimate of drug-likeness (QED) is 0.343. The predicted molar refractivity (Wildman–Crippen MR) is 115 cm³/mol. The maximum Gasteiger partial charge on any atom is 0.573 e. The van der Waals surface area contributed by atoms with Crippen molar-refractivity contribution in [3.8, 4) is 17.4 Å². The van der Waals surface area contributed by atoms with E-state index in [1.165, 1.54) is 18.3 Å². The van der Waals surface area contributed by atoms with Gasteiger partial charge in [-0.3, -0.25) is 0 Å². The highest BCUT2D eigenvalue weighted by molar-refractivity contribution is 5.99. The highest BCUT2D eigenvalue weighted by Crippen LogP contribution is 2.25. The molecule has 9 nitrogen and oxygen atoms in total. The molecule has 0 fully saturated rings. The molecule has 1 aromatic heterocycles. The molecule has 33 heavy (non-hydrogen) atoms. The minimum Gasteiger partial charge on any atom is -0.439 e. The zero-order valence-corrected chi connectivity index (χ0v) is 17.1. The van der Waals surface area contributed by atoms with Gasteiger partial charge in [-0.15, -0.1) is 13.2 Å². The molecular formula is C21H20F3N5O4. The van der Waals surface area contributed by atoms with E-state index in [1.807, 2.05) is 0 Å². The lowest BCUT2D eigenvalue weighted by Gasteiger charge is -2.12. The highest BCUT2D eigenvalue weighted by atomic mass is 19.4. The molecule has 0 aliphatic rings. The molecule has 2 amide bonds. The van der Waals surface area contributed by atoms with Crippen molar-refractivity contribution in [1.82, 2.24) is 9.97 Å². The van der Waals surface area contributed by atoms with Crippen LogP contribution < -0.4 is 25.4 Å². The standard InChI is InChI=1S/C21H20F3N5O4/c22-21(23,24)33-17-4-1-3-15(13-17)28-20(31)27-14-5-7-16(8-6-14)32-18-9-11-26-19(29-18)25-10-2-12-30/h1,3-9,11,13,30H,2,10,12H2,(H,25,26,29)(H2,27,28,31). The van der Waals surface area contributed by atoms with Crippen LogP contribution in [0.4, 0.5) is 35.3 Å². The number of carbonyl (C=O) groups is 1. The number of aliphatic hydroxyl groups is 1. The van der Waals surface area contributed by atoms with E-state index in [1.54, 1.807) is 30.3 Å². The molecule has 2 aromatic carbocycles. The van der Waals surface area contributed by atoms with E-state index in [4.69, 9.17) is 9.84 Å². The average Bonchev–Trinajstić information content (AvgIpc) is 2.75. The van der Waals surface area contributed by atoms with Crippen LogP contribution in [0.25, 0.3) is 0 Å². The molecule has 0 atom stereocenters. The molecule has 3 aromatic rings. The van der Waals surface area contributed by atoms with E-state index in [9.17, 15) is 18.0 Å². The summed E-state index contributed by atoms with van der Waals surface area (Å²) < 4.78 is 46.5. The van der Waals surface area contributed by atoms with Crippen molar-refractivity contribution < 1.29 is 32.5 Å². The number of carbonyl (C=O) groups excluding carboxylic acids is 1. The van der Waals surface area contributed by atoms with Crippen LogP contribution in [0.15, 0.2) is 60.8 Å². The van der Waals surface area contributed by atoms with Crippen LogP contribution in [0, 0.1) is 0 Å². The molecule has 3 rings (SSSR count). The SMILES string of the molecule is O=C(Nc1ccc(Oc2ccnc(NCCCO)n2)cc1)Nc1cccc(OC(F)(F)F)c1. The number of halogens is 3. The summed E-state index contributed by atoms with van der Waals surface area (Å²) in [7, 11) is 0. The van der Waals surface area contributed by atoms with E-state index in [0.717, 1.165) is 12.1 Å². The van der Waals surface area contributed by atoms with Crippen LogP contribution in [0.2, 0.25) is 0 Å². The van der Waals surface area contributed by atoms with Gasteiger partial charge in [0.15, 0.2) is 0 Å². The second-order valence-corrected chi connectivity index (χ2v) is 6.50. The normalized spacial score (nSPS) is 10.9. The second kappa shape index (κ2) is 11.0. The van der Waals surface area contributed by atoms with E-state index in [0.29, 0.717) is 36.2 Å². The number of aliphatic hydroxyl groups excluding tert-OH is 1. The Morgan fingerprint density at radius 3 is 2.48 bits per heavy atom. The Hall–Kier alpha value is -4.06. The molecule has 4 N–H and O–H groups in total. The van der Waals surface area contributed by atoms with Crippen molar-refractivity contribution in [2.75, 3.05) is 29.1 Å². The van der Waals surface area contributed by atoms with Crippen LogP contribution >= 0.6 is 0 Å². The number of nitrogens with zero attached hydrogens (tertiary/aromatic N) is 2. The maximum absolute atomic E-state index is 12.3. The van der Waals surface area contributed by atoms with Gasteiger partial charge in [0.25, 0.3) is 0 Å². The zero-order valence-electron chi connectivity index (χ0n) is 17.1. The van der Waals surface area contributed by atoms with Gasteiger partial charge in [0, 0.05) is 42.9 Å². The summed E-state index contributed by atoms with van der Waals surface area (Å²) in [6, 6.07) is 12.2. The first-order valence-electron chi connectivity index (χ1n) is 9.70.